The van der Waals surface area contributed by atoms with E-state index in [0.717, 1.165) is 28.0 Å². The lowest BCUT2D eigenvalue weighted by molar-refractivity contribution is 0.598. The van der Waals surface area contributed by atoms with Crippen LogP contribution in [0.1, 0.15) is 36.1 Å². The van der Waals surface area contributed by atoms with Crippen LogP contribution in [-0.4, -0.2) is 6.54 Å². The van der Waals surface area contributed by atoms with Crippen molar-refractivity contribution in [3.63, 3.8) is 0 Å². The summed E-state index contributed by atoms with van der Waals surface area (Å²) >= 11 is 9.88. The topological polar surface area (TPSA) is 12.0 Å². The van der Waals surface area contributed by atoms with Crippen LogP contribution < -0.4 is 5.32 Å². The summed E-state index contributed by atoms with van der Waals surface area (Å²) in [6.07, 6.45) is 1.09. The number of rotatable bonds is 5. The summed E-state index contributed by atoms with van der Waals surface area (Å²) in [5.41, 5.74) is 3.63. The van der Waals surface area contributed by atoms with Crippen LogP contribution in [0.4, 0.5) is 0 Å². The number of nitrogens with one attached hydrogen (secondary N) is 1. The molecule has 2 aromatic rings. The van der Waals surface area contributed by atoms with Gasteiger partial charge in [-0.25, -0.2) is 0 Å². The first-order chi connectivity index (χ1) is 9.61. The second-order valence-electron chi connectivity index (χ2n) is 4.97. The molecule has 1 nitrogen and oxygen atoms in total. The molecule has 1 atom stereocenters. The van der Waals surface area contributed by atoms with Crippen LogP contribution in [0.15, 0.2) is 46.9 Å². The third-order valence-electron chi connectivity index (χ3n) is 3.25. The van der Waals surface area contributed by atoms with Crippen LogP contribution in [-0.2, 0) is 0 Å². The summed E-state index contributed by atoms with van der Waals surface area (Å²) in [6, 6.07) is 14.8. The van der Waals surface area contributed by atoms with Crippen molar-refractivity contribution < 1.29 is 0 Å². The van der Waals surface area contributed by atoms with E-state index < -0.39 is 0 Å². The highest BCUT2D eigenvalue weighted by molar-refractivity contribution is 9.10. The largest absolute Gasteiger partial charge is 0.306 e. The van der Waals surface area contributed by atoms with Gasteiger partial charge in [-0.05, 0) is 43.1 Å². The number of hydrogen-bond acceptors (Lipinski definition) is 1. The summed E-state index contributed by atoms with van der Waals surface area (Å²) in [6.45, 7) is 5.25. The van der Waals surface area contributed by atoms with Gasteiger partial charge in [0.2, 0.25) is 0 Å². The average molecular weight is 353 g/mol. The van der Waals surface area contributed by atoms with E-state index in [4.69, 9.17) is 11.6 Å². The van der Waals surface area contributed by atoms with Gasteiger partial charge in [0.05, 0.1) is 6.04 Å². The lowest BCUT2D eigenvalue weighted by atomic mass is 9.97. The zero-order valence-corrected chi connectivity index (χ0v) is 14.1. The predicted octanol–water partition coefficient (Wildman–Crippen LogP) is 5.50. The van der Waals surface area contributed by atoms with Crippen molar-refractivity contribution >= 4 is 27.5 Å². The van der Waals surface area contributed by atoms with Crippen LogP contribution in [0.3, 0.4) is 0 Å². The fourth-order valence-corrected chi connectivity index (χ4v) is 3.06. The van der Waals surface area contributed by atoms with E-state index in [0.29, 0.717) is 0 Å². The van der Waals surface area contributed by atoms with Crippen molar-refractivity contribution in [2.75, 3.05) is 6.54 Å². The maximum absolute atomic E-state index is 6.42. The molecule has 106 valence electrons. The van der Waals surface area contributed by atoms with E-state index in [1.165, 1.54) is 11.1 Å². The predicted molar refractivity (Wildman–Crippen MR) is 90.5 cm³/mol. The Morgan fingerprint density at radius 1 is 1.20 bits per heavy atom. The molecule has 0 spiro atoms. The van der Waals surface area contributed by atoms with Gasteiger partial charge >= 0.3 is 0 Å². The minimum atomic E-state index is 0.135. The molecule has 0 heterocycles. The van der Waals surface area contributed by atoms with Gasteiger partial charge in [0.25, 0.3) is 0 Å². The summed E-state index contributed by atoms with van der Waals surface area (Å²) < 4.78 is 1.00. The SMILES string of the molecule is CCCNC(c1cccc(C)c1)c1ccc(Br)cc1Cl. The maximum Gasteiger partial charge on any atom is 0.0591 e. The number of benzene rings is 2. The first kappa shape index (κ1) is 15.6. The second kappa shape index (κ2) is 7.26. The molecule has 3 heteroatoms. The van der Waals surface area contributed by atoms with Gasteiger partial charge < -0.3 is 5.32 Å². The first-order valence-electron chi connectivity index (χ1n) is 6.86. The number of hydrogen-bond donors (Lipinski definition) is 1. The molecule has 0 radical (unpaired) electrons. The fourth-order valence-electron chi connectivity index (χ4n) is 2.28. The molecule has 0 aliphatic heterocycles. The zero-order chi connectivity index (χ0) is 14.5. The fraction of sp³-hybridized carbons (Fsp3) is 0.294. The third-order valence-corrected chi connectivity index (χ3v) is 4.07. The zero-order valence-electron chi connectivity index (χ0n) is 11.8. The average Bonchev–Trinajstić information content (AvgIpc) is 2.41. The molecular formula is C17H19BrClN. The molecule has 2 rings (SSSR count). The van der Waals surface area contributed by atoms with Crippen molar-refractivity contribution in [3.05, 3.63) is 68.7 Å². The Labute approximate surface area is 134 Å². The van der Waals surface area contributed by atoms with E-state index in [9.17, 15) is 0 Å². The maximum atomic E-state index is 6.42. The van der Waals surface area contributed by atoms with Crippen LogP contribution in [0, 0.1) is 6.92 Å². The highest BCUT2D eigenvalue weighted by Gasteiger charge is 2.16. The Morgan fingerprint density at radius 2 is 2.00 bits per heavy atom. The minimum absolute atomic E-state index is 0.135. The molecule has 0 bridgehead atoms. The van der Waals surface area contributed by atoms with Gasteiger partial charge in [-0.15, -0.1) is 0 Å². The molecule has 0 aliphatic rings. The van der Waals surface area contributed by atoms with Gasteiger partial charge in [0, 0.05) is 9.50 Å². The highest BCUT2D eigenvalue weighted by atomic mass is 79.9. The molecule has 0 aromatic heterocycles. The summed E-state index contributed by atoms with van der Waals surface area (Å²) in [5.74, 6) is 0. The van der Waals surface area contributed by atoms with E-state index in [1.807, 2.05) is 12.1 Å². The Bertz CT molecular complexity index is 583. The van der Waals surface area contributed by atoms with Crippen molar-refractivity contribution in [2.45, 2.75) is 26.3 Å². The molecule has 0 saturated heterocycles. The highest BCUT2D eigenvalue weighted by Crippen LogP contribution is 2.31. The minimum Gasteiger partial charge on any atom is -0.306 e. The van der Waals surface area contributed by atoms with Crippen molar-refractivity contribution in [2.24, 2.45) is 0 Å². The Balaban J connectivity index is 2.41. The van der Waals surface area contributed by atoms with Crippen molar-refractivity contribution in [1.82, 2.24) is 5.32 Å². The van der Waals surface area contributed by atoms with Crippen LogP contribution in [0.25, 0.3) is 0 Å². The molecule has 1 N–H and O–H groups in total. The standard InChI is InChI=1S/C17H19BrClN/c1-3-9-20-17(13-6-4-5-12(2)10-13)15-8-7-14(18)11-16(15)19/h4-8,10-11,17,20H,3,9H2,1-2H3. The van der Waals surface area contributed by atoms with Gasteiger partial charge in [0.1, 0.15) is 0 Å². The summed E-state index contributed by atoms with van der Waals surface area (Å²) in [5, 5.41) is 4.38. The van der Waals surface area contributed by atoms with Gasteiger partial charge in [-0.3, -0.25) is 0 Å². The monoisotopic (exact) mass is 351 g/mol. The lowest BCUT2D eigenvalue weighted by Gasteiger charge is -2.21. The first-order valence-corrected chi connectivity index (χ1v) is 8.04. The third kappa shape index (κ3) is 3.85. The summed E-state index contributed by atoms with van der Waals surface area (Å²) in [4.78, 5) is 0. The Morgan fingerprint density at radius 3 is 2.65 bits per heavy atom. The number of halogens is 2. The van der Waals surface area contributed by atoms with Crippen LogP contribution in [0.5, 0.6) is 0 Å². The molecule has 0 amide bonds. The molecule has 1 unspecified atom stereocenters. The normalized spacial score (nSPS) is 12.4. The van der Waals surface area contributed by atoms with Crippen molar-refractivity contribution in [1.29, 1.82) is 0 Å². The van der Waals surface area contributed by atoms with E-state index >= 15 is 0 Å². The van der Waals surface area contributed by atoms with Gasteiger partial charge in [0.15, 0.2) is 0 Å². The molecule has 0 fully saturated rings. The molecular weight excluding hydrogens is 334 g/mol. The van der Waals surface area contributed by atoms with E-state index in [2.05, 4.69) is 65.4 Å². The molecule has 20 heavy (non-hydrogen) atoms. The Kier molecular flexibility index (Phi) is 5.64. The van der Waals surface area contributed by atoms with Gasteiger partial charge in [-0.1, -0.05) is 70.3 Å². The molecule has 2 aromatic carbocycles. The van der Waals surface area contributed by atoms with Crippen LogP contribution in [0.2, 0.25) is 5.02 Å². The summed E-state index contributed by atoms with van der Waals surface area (Å²) in [7, 11) is 0. The number of aryl methyl sites for hydroxylation is 1. The van der Waals surface area contributed by atoms with Crippen LogP contribution >= 0.6 is 27.5 Å². The van der Waals surface area contributed by atoms with Crippen molar-refractivity contribution in [3.8, 4) is 0 Å². The smallest absolute Gasteiger partial charge is 0.0591 e. The Hall–Kier alpha value is -0.830. The lowest BCUT2D eigenvalue weighted by Crippen LogP contribution is -2.23. The second-order valence-corrected chi connectivity index (χ2v) is 6.29. The molecule has 0 saturated carbocycles. The van der Waals surface area contributed by atoms with E-state index in [1.54, 1.807) is 0 Å². The quantitative estimate of drug-likeness (QED) is 0.749. The van der Waals surface area contributed by atoms with Gasteiger partial charge in [-0.2, -0.15) is 0 Å². The van der Waals surface area contributed by atoms with E-state index in [-0.39, 0.29) is 6.04 Å². The molecule has 0 aliphatic carbocycles.